The molecule has 1 aromatic carbocycles. The number of amides is 3. The first kappa shape index (κ1) is 63.1. The third-order valence-corrected chi connectivity index (χ3v) is 10.8. The van der Waals surface area contributed by atoms with Crippen molar-refractivity contribution >= 4 is 47.5 Å². The fourth-order valence-electron chi connectivity index (χ4n) is 6.92. The Morgan fingerprint density at radius 3 is 2.01 bits per heavy atom. The second-order valence-corrected chi connectivity index (χ2v) is 16.5. The van der Waals surface area contributed by atoms with E-state index in [9.17, 15) is 34.5 Å². The van der Waals surface area contributed by atoms with E-state index < -0.39 is 42.5 Å². The molecule has 1 saturated heterocycles. The summed E-state index contributed by atoms with van der Waals surface area (Å²) >= 11 is 0. The molecule has 408 valence electrons. The summed E-state index contributed by atoms with van der Waals surface area (Å²) in [5.74, 6) is 6.69. The molecule has 3 amide bonds. The number of hydrogen-bond donors (Lipinski definition) is 8. The third kappa shape index (κ3) is 28.9. The SMILES string of the molecule is CCCNC(=O)CCOCCOCCOCCOCCN=C/C(=N\N)c1ccc(CC(=O)NCC(O)CC2O[C@@](OCCCCCC/C(C=NCCOCCOC)=N/N)(C(=O)O)CCC2NC(=O)CO)cc1. The van der Waals surface area contributed by atoms with Crippen molar-refractivity contribution in [2.24, 2.45) is 31.9 Å². The first-order valence-electron chi connectivity index (χ1n) is 24.7. The van der Waals surface area contributed by atoms with Crippen LogP contribution in [0.3, 0.4) is 0 Å². The average molecular weight is 1020 g/mol. The van der Waals surface area contributed by atoms with E-state index in [0.29, 0.717) is 134 Å². The van der Waals surface area contributed by atoms with Gasteiger partial charge in [0.1, 0.15) is 12.3 Å². The molecule has 0 radical (unpaired) electrons. The summed E-state index contributed by atoms with van der Waals surface area (Å²) in [6.45, 7) is 7.23. The molecule has 0 aliphatic carbocycles. The monoisotopic (exact) mass is 1020 g/mol. The Morgan fingerprint density at radius 2 is 1.40 bits per heavy atom. The van der Waals surface area contributed by atoms with Gasteiger partial charge in [-0.15, -0.1) is 0 Å². The second kappa shape index (κ2) is 40.5. The molecule has 4 atom stereocenters. The number of benzene rings is 1. The zero-order valence-corrected chi connectivity index (χ0v) is 42.2. The maximum absolute atomic E-state index is 12.9. The van der Waals surface area contributed by atoms with E-state index in [4.69, 9.17) is 49.6 Å². The molecule has 1 aliphatic rings. The van der Waals surface area contributed by atoms with Crippen molar-refractivity contribution < 1.29 is 72.4 Å². The topological polar surface area (TPSA) is 340 Å². The minimum absolute atomic E-state index is 0.00614. The van der Waals surface area contributed by atoms with Gasteiger partial charge in [0.05, 0.1) is 123 Å². The lowest BCUT2D eigenvalue weighted by molar-refractivity contribution is -0.283. The summed E-state index contributed by atoms with van der Waals surface area (Å²) in [5.41, 5.74) is 2.43. The summed E-state index contributed by atoms with van der Waals surface area (Å²) in [6.07, 6.45) is 5.54. The van der Waals surface area contributed by atoms with Crippen molar-refractivity contribution in [3.8, 4) is 0 Å². The van der Waals surface area contributed by atoms with E-state index in [1.54, 1.807) is 37.6 Å². The number of methoxy groups -OCH3 is 1. The number of carboxylic acid groups (broad SMARTS) is 1. The highest BCUT2D eigenvalue weighted by atomic mass is 16.7. The van der Waals surface area contributed by atoms with Crippen molar-refractivity contribution in [3.05, 3.63) is 35.4 Å². The average Bonchev–Trinajstić information content (AvgIpc) is 3.38. The van der Waals surface area contributed by atoms with Crippen molar-refractivity contribution in [2.75, 3.05) is 119 Å². The lowest BCUT2D eigenvalue weighted by Gasteiger charge is -2.42. The Labute approximate surface area is 423 Å². The number of carbonyl (C=O) groups is 4. The van der Waals surface area contributed by atoms with Crippen molar-refractivity contribution in [3.63, 3.8) is 0 Å². The Bertz CT molecular complexity index is 1770. The molecular weight excluding hydrogens is 943 g/mol. The van der Waals surface area contributed by atoms with Crippen LogP contribution in [0.4, 0.5) is 0 Å². The molecule has 0 aromatic heterocycles. The Morgan fingerprint density at radius 1 is 0.778 bits per heavy atom. The molecule has 1 aromatic rings. The molecule has 2 rings (SSSR count). The molecule has 1 fully saturated rings. The van der Waals surface area contributed by atoms with Gasteiger partial charge in [0.25, 0.3) is 5.79 Å². The van der Waals surface area contributed by atoms with Gasteiger partial charge in [-0.3, -0.25) is 24.4 Å². The summed E-state index contributed by atoms with van der Waals surface area (Å²) in [6, 6.07) is 6.26. The van der Waals surface area contributed by atoms with Crippen molar-refractivity contribution in [2.45, 2.75) is 102 Å². The van der Waals surface area contributed by atoms with Crippen LogP contribution < -0.4 is 27.6 Å². The van der Waals surface area contributed by atoms with Crippen LogP contribution in [-0.4, -0.2) is 206 Å². The fourth-order valence-corrected chi connectivity index (χ4v) is 6.92. The number of hydrogen-bond acceptors (Lipinski definition) is 20. The standard InChI is InChI=1S/C48H81N9O15/c1-3-16-53-44(60)14-20-66-25-27-69-29-30-70-28-26-68-22-18-52-35-42(57-50)38-11-9-37(10-12-38)31-45(61)54-34-40(59)32-43-41(55-46(62)36-58)13-15-48(72-43,47(63)64)71-19-7-5-4-6-8-39(56-49)33-51-17-21-67-24-23-65-2/h9-12,33,35,40-41,43,58-59H,3-8,13-32,34,36,49-50H2,1-2H3,(H,53,60)(H,54,61)(H,55,62)(H,63,64)/b51-33?,52-35?,56-39-,57-42+/t40?,41?,43?,48-/m1/s1. The van der Waals surface area contributed by atoms with Crippen LogP contribution in [0.5, 0.6) is 0 Å². The number of rotatable bonds is 43. The van der Waals surface area contributed by atoms with Crippen LogP contribution in [0.2, 0.25) is 0 Å². The van der Waals surface area contributed by atoms with Crippen LogP contribution in [0.15, 0.2) is 44.5 Å². The maximum atomic E-state index is 12.9. The first-order chi connectivity index (χ1) is 35.0. The zero-order valence-electron chi connectivity index (χ0n) is 42.2. The van der Waals surface area contributed by atoms with Gasteiger partial charge in [0.15, 0.2) is 0 Å². The van der Waals surface area contributed by atoms with E-state index in [-0.39, 0.29) is 50.6 Å². The molecule has 10 N–H and O–H groups in total. The number of aliphatic hydroxyl groups excluding tert-OH is 2. The number of ether oxygens (including phenoxy) is 8. The molecule has 24 heteroatoms. The second-order valence-electron chi connectivity index (χ2n) is 16.5. The van der Waals surface area contributed by atoms with Crippen LogP contribution in [0, 0.1) is 0 Å². The Balaban J connectivity index is 1.72. The number of nitrogens with one attached hydrogen (secondary N) is 3. The number of aliphatic carboxylic acids is 1. The summed E-state index contributed by atoms with van der Waals surface area (Å²) in [5, 5.41) is 46.4. The van der Waals surface area contributed by atoms with E-state index in [2.05, 4.69) is 36.1 Å². The maximum Gasteiger partial charge on any atom is 0.364 e. The minimum Gasteiger partial charge on any atom is -0.477 e. The number of carbonyl (C=O) groups excluding carboxylic acids is 3. The van der Waals surface area contributed by atoms with E-state index >= 15 is 0 Å². The third-order valence-electron chi connectivity index (χ3n) is 10.8. The Kier molecular flexibility index (Phi) is 35.5. The number of nitrogens with two attached hydrogens (primary N) is 2. The summed E-state index contributed by atoms with van der Waals surface area (Å²) in [7, 11) is 1.61. The van der Waals surface area contributed by atoms with Crippen LogP contribution in [0.1, 0.15) is 82.3 Å². The van der Waals surface area contributed by atoms with Crippen LogP contribution >= 0.6 is 0 Å². The molecule has 0 bridgehead atoms. The van der Waals surface area contributed by atoms with Crippen molar-refractivity contribution in [1.29, 1.82) is 0 Å². The predicted molar refractivity (Wildman–Crippen MR) is 269 cm³/mol. The van der Waals surface area contributed by atoms with Gasteiger partial charge in [0, 0.05) is 57.5 Å². The van der Waals surface area contributed by atoms with E-state index in [1.807, 2.05) is 6.92 Å². The normalized spacial score (nSPS) is 17.9. The lowest BCUT2D eigenvalue weighted by Crippen LogP contribution is -2.59. The highest BCUT2D eigenvalue weighted by Crippen LogP contribution is 2.33. The number of hydrazone groups is 2. The molecule has 1 aliphatic heterocycles. The number of carboxylic acids is 1. The van der Waals surface area contributed by atoms with Crippen LogP contribution in [0.25, 0.3) is 0 Å². The van der Waals surface area contributed by atoms with Gasteiger partial charge in [-0.25, -0.2) is 4.79 Å². The first-order valence-corrected chi connectivity index (χ1v) is 24.7. The number of aliphatic hydroxyl groups is 2. The lowest BCUT2D eigenvalue weighted by atomic mass is 9.92. The molecule has 72 heavy (non-hydrogen) atoms. The van der Waals surface area contributed by atoms with Gasteiger partial charge < -0.3 is 80.9 Å². The van der Waals surface area contributed by atoms with Crippen LogP contribution in [-0.2, 0) is 63.5 Å². The van der Waals surface area contributed by atoms with Gasteiger partial charge in [0.2, 0.25) is 17.7 Å². The number of aliphatic imine (C=N–C) groups is 2. The van der Waals surface area contributed by atoms with Gasteiger partial charge >= 0.3 is 5.97 Å². The molecule has 0 spiro atoms. The molecular formula is C48H81N9O15. The Hall–Kier alpha value is -5.02. The number of unbranched alkanes of at least 4 members (excludes halogenated alkanes) is 3. The smallest absolute Gasteiger partial charge is 0.364 e. The highest BCUT2D eigenvalue weighted by Gasteiger charge is 2.49. The summed E-state index contributed by atoms with van der Waals surface area (Å²) in [4.78, 5) is 57.8. The largest absolute Gasteiger partial charge is 0.477 e. The summed E-state index contributed by atoms with van der Waals surface area (Å²) < 4.78 is 44.1. The predicted octanol–water partition coefficient (Wildman–Crippen LogP) is 0.265. The molecule has 24 nitrogen and oxygen atoms in total. The molecule has 3 unspecified atom stereocenters. The van der Waals surface area contributed by atoms with Crippen molar-refractivity contribution in [1.82, 2.24) is 16.0 Å². The van der Waals surface area contributed by atoms with E-state index in [0.717, 1.165) is 25.7 Å². The van der Waals surface area contributed by atoms with E-state index in [1.165, 1.54) is 6.21 Å². The van der Waals surface area contributed by atoms with Gasteiger partial charge in [-0.1, -0.05) is 44.0 Å². The fraction of sp³-hybridized carbons (Fsp3) is 0.708. The quantitative estimate of drug-likeness (QED) is 0.0188. The minimum atomic E-state index is -2.03. The number of nitrogens with zero attached hydrogens (tertiary/aromatic N) is 4. The zero-order chi connectivity index (χ0) is 52.5. The molecule has 1 heterocycles. The van der Waals surface area contributed by atoms with Gasteiger partial charge in [-0.2, -0.15) is 10.2 Å². The highest BCUT2D eigenvalue weighted by molar-refractivity contribution is 6.38. The molecule has 0 saturated carbocycles. The van der Waals surface area contributed by atoms with Gasteiger partial charge in [-0.05, 0) is 37.7 Å².